The van der Waals surface area contributed by atoms with Gasteiger partial charge in [-0.15, -0.1) is 0 Å². The molecule has 1 aromatic carbocycles. The number of likely N-dealkylation sites (N-methyl/N-ethyl adjacent to an activating group) is 1. The van der Waals surface area contributed by atoms with Crippen LogP contribution in [-0.4, -0.2) is 46.1 Å². The zero-order valence-electron chi connectivity index (χ0n) is 12.3. The second-order valence-corrected chi connectivity index (χ2v) is 7.27. The third kappa shape index (κ3) is 4.23. The first-order chi connectivity index (χ1) is 9.95. The van der Waals surface area contributed by atoms with Crippen LogP contribution in [0.1, 0.15) is 18.4 Å². The van der Waals surface area contributed by atoms with E-state index in [9.17, 15) is 12.8 Å². The van der Waals surface area contributed by atoms with Gasteiger partial charge < -0.3 is 10.1 Å². The van der Waals surface area contributed by atoms with Crippen LogP contribution in [-0.2, 0) is 21.3 Å². The quantitative estimate of drug-likeness (QED) is 0.786. The Morgan fingerprint density at radius 2 is 2.14 bits per heavy atom. The lowest BCUT2D eigenvalue weighted by atomic mass is 10.2. The topological polar surface area (TPSA) is 58.6 Å². The van der Waals surface area contributed by atoms with E-state index >= 15 is 0 Å². The average Bonchev–Trinajstić information content (AvgIpc) is 3.27. The first-order valence-corrected chi connectivity index (χ1v) is 8.36. The molecule has 1 aromatic rings. The summed E-state index contributed by atoms with van der Waals surface area (Å²) in [5.74, 6) is -0.387. The normalized spacial score (nSPS) is 15.6. The van der Waals surface area contributed by atoms with Crippen LogP contribution in [0.25, 0.3) is 0 Å². The van der Waals surface area contributed by atoms with E-state index in [2.05, 4.69) is 5.32 Å². The fourth-order valence-corrected chi connectivity index (χ4v) is 3.11. The summed E-state index contributed by atoms with van der Waals surface area (Å²) in [6.45, 7) is 0.917. The molecule has 0 saturated heterocycles. The summed E-state index contributed by atoms with van der Waals surface area (Å²) in [4.78, 5) is 0.107. The van der Waals surface area contributed by atoms with Crippen LogP contribution in [0.15, 0.2) is 23.1 Å². The molecule has 118 valence electrons. The summed E-state index contributed by atoms with van der Waals surface area (Å²) in [5, 5.41) is 3.19. The van der Waals surface area contributed by atoms with E-state index in [1.807, 2.05) is 0 Å². The molecule has 21 heavy (non-hydrogen) atoms. The van der Waals surface area contributed by atoms with Crippen molar-refractivity contribution >= 4 is 10.0 Å². The fourth-order valence-electron chi connectivity index (χ4n) is 1.91. The Hall–Kier alpha value is -1.02. The number of nitrogens with one attached hydrogen (secondary N) is 1. The van der Waals surface area contributed by atoms with E-state index in [0.717, 1.165) is 12.8 Å². The van der Waals surface area contributed by atoms with Crippen molar-refractivity contribution in [3.8, 4) is 0 Å². The number of benzene rings is 1. The molecule has 0 spiro atoms. The fraction of sp³-hybridized carbons (Fsp3) is 0.571. The van der Waals surface area contributed by atoms with Crippen LogP contribution in [0.5, 0.6) is 0 Å². The van der Waals surface area contributed by atoms with Gasteiger partial charge in [-0.1, -0.05) is 0 Å². The van der Waals surface area contributed by atoms with E-state index in [1.165, 1.54) is 36.7 Å². The van der Waals surface area contributed by atoms with Crippen molar-refractivity contribution in [1.29, 1.82) is 0 Å². The Kier molecular flexibility index (Phi) is 5.32. The van der Waals surface area contributed by atoms with Crippen molar-refractivity contribution in [2.24, 2.45) is 0 Å². The van der Waals surface area contributed by atoms with Crippen molar-refractivity contribution < 1.29 is 17.5 Å². The average molecular weight is 316 g/mol. The SMILES string of the molecule is COCCN(C)S(=O)(=O)c1ccc(F)c(CNC2CC2)c1. The number of ether oxygens (including phenoxy) is 1. The maximum atomic E-state index is 13.8. The number of hydrogen-bond acceptors (Lipinski definition) is 4. The first kappa shape index (κ1) is 16.4. The van der Waals surface area contributed by atoms with Gasteiger partial charge in [0, 0.05) is 38.9 Å². The first-order valence-electron chi connectivity index (χ1n) is 6.92. The minimum Gasteiger partial charge on any atom is -0.383 e. The Balaban J connectivity index is 2.15. The molecule has 0 heterocycles. The van der Waals surface area contributed by atoms with E-state index in [4.69, 9.17) is 4.74 Å². The summed E-state index contributed by atoms with van der Waals surface area (Å²) in [5.41, 5.74) is 0.378. The smallest absolute Gasteiger partial charge is 0.242 e. The number of rotatable bonds is 8. The molecular weight excluding hydrogens is 295 g/mol. The molecule has 5 nitrogen and oxygen atoms in total. The third-order valence-electron chi connectivity index (χ3n) is 3.49. The Bertz CT molecular complexity index is 588. The third-order valence-corrected chi connectivity index (χ3v) is 5.35. The molecule has 0 unspecified atom stereocenters. The summed E-state index contributed by atoms with van der Waals surface area (Å²) < 4.78 is 44.6. The molecule has 1 N–H and O–H groups in total. The van der Waals surface area contributed by atoms with Crippen LogP contribution >= 0.6 is 0 Å². The van der Waals surface area contributed by atoms with E-state index in [-0.39, 0.29) is 17.3 Å². The van der Waals surface area contributed by atoms with Gasteiger partial charge in [0.25, 0.3) is 0 Å². The minimum absolute atomic E-state index is 0.107. The van der Waals surface area contributed by atoms with E-state index < -0.39 is 10.0 Å². The van der Waals surface area contributed by atoms with Crippen LogP contribution in [0.2, 0.25) is 0 Å². The highest BCUT2D eigenvalue weighted by Crippen LogP contribution is 2.22. The molecule has 0 radical (unpaired) electrons. The van der Waals surface area contributed by atoms with Crippen molar-refractivity contribution in [2.75, 3.05) is 27.3 Å². The number of sulfonamides is 1. The lowest BCUT2D eigenvalue weighted by Crippen LogP contribution is -2.30. The predicted octanol–water partition coefficient (Wildman–Crippen LogP) is 1.34. The second kappa shape index (κ2) is 6.83. The number of methoxy groups -OCH3 is 1. The van der Waals surface area contributed by atoms with Crippen LogP contribution < -0.4 is 5.32 Å². The highest BCUT2D eigenvalue weighted by atomic mass is 32.2. The Morgan fingerprint density at radius 1 is 1.43 bits per heavy atom. The van der Waals surface area contributed by atoms with Crippen LogP contribution in [0, 0.1) is 5.82 Å². The van der Waals surface area contributed by atoms with E-state index in [1.54, 1.807) is 0 Å². The van der Waals surface area contributed by atoms with Gasteiger partial charge >= 0.3 is 0 Å². The van der Waals surface area contributed by atoms with Gasteiger partial charge in [-0.05, 0) is 31.0 Å². The molecule has 0 aromatic heterocycles. The van der Waals surface area contributed by atoms with Crippen molar-refractivity contribution in [3.63, 3.8) is 0 Å². The summed E-state index contributed by atoms with van der Waals surface area (Å²) in [6.07, 6.45) is 2.19. The summed E-state index contributed by atoms with van der Waals surface area (Å²) in [6, 6.07) is 4.35. The monoisotopic (exact) mass is 316 g/mol. The van der Waals surface area contributed by atoms with Gasteiger partial charge in [-0.25, -0.2) is 12.8 Å². The predicted molar refractivity (Wildman–Crippen MR) is 78.0 cm³/mol. The number of halogens is 1. The van der Waals surface area contributed by atoms with Crippen molar-refractivity contribution in [3.05, 3.63) is 29.6 Å². The lowest BCUT2D eigenvalue weighted by Gasteiger charge is -2.17. The van der Waals surface area contributed by atoms with Gasteiger partial charge in [-0.2, -0.15) is 4.31 Å². The maximum Gasteiger partial charge on any atom is 0.242 e. The molecular formula is C14H21FN2O3S. The van der Waals surface area contributed by atoms with Crippen LogP contribution in [0.4, 0.5) is 4.39 Å². The zero-order chi connectivity index (χ0) is 15.5. The standard InChI is InChI=1S/C14H21FN2O3S/c1-17(7-8-20-2)21(18,19)13-5-6-14(15)11(9-13)10-16-12-3-4-12/h5-6,9,12,16H,3-4,7-8,10H2,1-2H3. The molecule has 0 amide bonds. The molecule has 1 aliphatic carbocycles. The number of nitrogens with zero attached hydrogens (tertiary/aromatic N) is 1. The molecule has 1 fully saturated rings. The Labute approximate surface area is 125 Å². The second-order valence-electron chi connectivity index (χ2n) is 5.23. The van der Waals surface area contributed by atoms with Gasteiger partial charge in [0.1, 0.15) is 5.82 Å². The maximum absolute atomic E-state index is 13.8. The molecule has 0 aliphatic heterocycles. The highest BCUT2D eigenvalue weighted by Gasteiger charge is 2.23. The molecule has 2 rings (SSSR count). The van der Waals surface area contributed by atoms with Gasteiger partial charge in [0.15, 0.2) is 0 Å². The largest absolute Gasteiger partial charge is 0.383 e. The molecule has 1 aliphatic rings. The summed E-state index contributed by atoms with van der Waals surface area (Å²) >= 11 is 0. The molecule has 0 atom stereocenters. The lowest BCUT2D eigenvalue weighted by molar-refractivity contribution is 0.185. The zero-order valence-corrected chi connectivity index (χ0v) is 13.1. The molecule has 0 bridgehead atoms. The molecule has 7 heteroatoms. The molecule has 1 saturated carbocycles. The van der Waals surface area contributed by atoms with Gasteiger partial charge in [-0.3, -0.25) is 0 Å². The van der Waals surface area contributed by atoms with Crippen molar-refractivity contribution in [2.45, 2.75) is 30.3 Å². The van der Waals surface area contributed by atoms with Gasteiger partial charge in [0.2, 0.25) is 10.0 Å². The Morgan fingerprint density at radius 3 is 2.76 bits per heavy atom. The van der Waals surface area contributed by atoms with E-state index in [0.29, 0.717) is 24.8 Å². The highest BCUT2D eigenvalue weighted by molar-refractivity contribution is 7.89. The van der Waals surface area contributed by atoms with Crippen molar-refractivity contribution in [1.82, 2.24) is 9.62 Å². The minimum atomic E-state index is -3.61. The van der Waals surface area contributed by atoms with Crippen LogP contribution in [0.3, 0.4) is 0 Å². The van der Waals surface area contributed by atoms with Gasteiger partial charge in [0.05, 0.1) is 11.5 Å². The number of hydrogen-bond donors (Lipinski definition) is 1. The summed E-state index contributed by atoms with van der Waals surface area (Å²) in [7, 11) is -0.615.